The minimum atomic E-state index is -4.86. The van der Waals surface area contributed by atoms with Crippen molar-refractivity contribution in [3.8, 4) is 5.75 Å². The Labute approximate surface area is 262 Å². The van der Waals surface area contributed by atoms with Gasteiger partial charge in [0.15, 0.2) is 0 Å². The van der Waals surface area contributed by atoms with Crippen molar-refractivity contribution in [3.05, 3.63) is 133 Å². The summed E-state index contributed by atoms with van der Waals surface area (Å²) in [5.41, 5.74) is 4.07. The molecule has 0 amide bonds. The summed E-state index contributed by atoms with van der Waals surface area (Å²) in [7, 11) is 1.61. The van der Waals surface area contributed by atoms with Crippen LogP contribution in [-0.2, 0) is 42.8 Å². The van der Waals surface area contributed by atoms with E-state index in [2.05, 4.69) is 4.90 Å². The van der Waals surface area contributed by atoms with E-state index < -0.39 is 52.6 Å². The molecule has 1 saturated heterocycles. The van der Waals surface area contributed by atoms with Crippen molar-refractivity contribution in [3.63, 3.8) is 0 Å². The lowest BCUT2D eigenvalue weighted by Crippen LogP contribution is -2.49. The van der Waals surface area contributed by atoms with Gasteiger partial charge in [-0.2, -0.15) is 13.2 Å². The van der Waals surface area contributed by atoms with Gasteiger partial charge in [-0.3, -0.25) is 18.8 Å². The maximum Gasteiger partial charge on any atom is 0.416 e. The van der Waals surface area contributed by atoms with Gasteiger partial charge in [0.2, 0.25) is 0 Å². The van der Waals surface area contributed by atoms with E-state index in [1.165, 1.54) is 0 Å². The molecule has 0 saturated carbocycles. The summed E-state index contributed by atoms with van der Waals surface area (Å²) in [5, 5.41) is 0. The number of aromatic nitrogens is 2. The van der Waals surface area contributed by atoms with Crippen LogP contribution in [0.15, 0.2) is 82.4 Å². The summed E-state index contributed by atoms with van der Waals surface area (Å²) in [4.78, 5) is 30.4. The average molecular weight is 639 g/mol. The quantitative estimate of drug-likeness (QED) is 0.275. The molecule has 3 aromatic carbocycles. The molecule has 1 aromatic heterocycles. The summed E-state index contributed by atoms with van der Waals surface area (Å²) in [5.74, 6) is -0.342. The second-order valence-electron chi connectivity index (χ2n) is 11.8. The Kier molecular flexibility index (Phi) is 8.62. The molecule has 2 aliphatic rings. The van der Waals surface area contributed by atoms with Crippen molar-refractivity contribution in [2.24, 2.45) is 5.73 Å². The van der Waals surface area contributed by atoms with Gasteiger partial charge in [0.25, 0.3) is 5.56 Å². The van der Waals surface area contributed by atoms with Crippen LogP contribution in [0.5, 0.6) is 5.75 Å². The number of halogens is 4. The number of benzene rings is 3. The number of nitrogens with zero attached hydrogens (tertiary/aromatic N) is 3. The lowest BCUT2D eigenvalue weighted by molar-refractivity contribution is -0.138. The molecule has 1 spiro atoms. The highest BCUT2D eigenvalue weighted by Crippen LogP contribution is 2.43. The lowest BCUT2D eigenvalue weighted by atomic mass is 9.85. The Morgan fingerprint density at radius 3 is 2.33 bits per heavy atom. The van der Waals surface area contributed by atoms with Crippen LogP contribution in [0.25, 0.3) is 0 Å². The third-order valence-electron chi connectivity index (χ3n) is 9.07. The smallest absolute Gasteiger partial charge is 0.416 e. The Morgan fingerprint density at radius 2 is 1.63 bits per heavy atom. The van der Waals surface area contributed by atoms with Gasteiger partial charge in [-0.05, 0) is 36.6 Å². The largest absolute Gasteiger partial charge is 0.496 e. The second kappa shape index (κ2) is 12.5. The molecule has 2 N–H and O–H groups in total. The number of methoxy groups -OCH3 is 1. The Bertz CT molecular complexity index is 1850. The first kappa shape index (κ1) is 31.7. The molecule has 242 valence electrons. The Hall–Kier alpha value is -4.26. The number of piperidine rings is 1. The summed E-state index contributed by atoms with van der Waals surface area (Å²) in [6, 6.07) is 18.5. The molecule has 2 aliphatic heterocycles. The van der Waals surface area contributed by atoms with E-state index in [1.807, 2.05) is 24.3 Å². The number of alkyl halides is 3. The summed E-state index contributed by atoms with van der Waals surface area (Å²) < 4.78 is 70.8. The van der Waals surface area contributed by atoms with Crippen molar-refractivity contribution in [2.75, 3.05) is 20.2 Å². The van der Waals surface area contributed by atoms with Gasteiger partial charge in [0.05, 0.1) is 43.6 Å². The molecular weight excluding hydrogens is 604 g/mol. The average Bonchev–Trinajstić information content (AvgIpc) is 3.41. The number of hydrogen-bond acceptors (Lipinski definition) is 6. The van der Waals surface area contributed by atoms with Crippen LogP contribution in [-0.4, -0.2) is 34.2 Å². The molecule has 3 heterocycles. The molecule has 8 nitrogen and oxygen atoms in total. The molecule has 1 atom stereocenters. The summed E-state index contributed by atoms with van der Waals surface area (Å²) in [6.45, 7) is 0.567. The fraction of sp³-hybridized carbons (Fsp3) is 0.353. The van der Waals surface area contributed by atoms with Gasteiger partial charge in [0, 0.05) is 36.8 Å². The minimum Gasteiger partial charge on any atom is -0.496 e. The number of ether oxygens (including phenoxy) is 2. The van der Waals surface area contributed by atoms with Crippen LogP contribution in [0.4, 0.5) is 17.6 Å². The standard InChI is InChI=1S/C34H34F4N4O4/c1-45-29-13-6-5-10-23(29)18-40-16-14-33(15-17-40)30-28(21-46-33)41(19-24-25(34(36,37)38)11-7-12-26(24)35)32(44)42(31(30)43)20-27(39)22-8-3-2-4-9-22/h2-13,27H,14-21,39H2,1H3. The van der Waals surface area contributed by atoms with E-state index in [4.69, 9.17) is 15.2 Å². The van der Waals surface area contributed by atoms with E-state index >= 15 is 4.39 Å². The van der Waals surface area contributed by atoms with E-state index in [-0.39, 0.29) is 24.4 Å². The molecular formula is C34H34F4N4O4. The summed E-state index contributed by atoms with van der Waals surface area (Å²) >= 11 is 0. The first-order valence-electron chi connectivity index (χ1n) is 15.0. The monoisotopic (exact) mass is 638 g/mol. The molecule has 6 rings (SSSR count). The van der Waals surface area contributed by atoms with Crippen molar-refractivity contribution >= 4 is 0 Å². The third kappa shape index (κ3) is 5.88. The van der Waals surface area contributed by atoms with Crippen molar-refractivity contribution in [1.29, 1.82) is 0 Å². The van der Waals surface area contributed by atoms with Gasteiger partial charge < -0.3 is 15.2 Å². The van der Waals surface area contributed by atoms with Crippen molar-refractivity contribution in [1.82, 2.24) is 14.0 Å². The van der Waals surface area contributed by atoms with Crippen molar-refractivity contribution in [2.45, 2.75) is 56.9 Å². The Balaban J connectivity index is 1.41. The van der Waals surface area contributed by atoms with E-state index in [0.29, 0.717) is 38.0 Å². The fourth-order valence-corrected chi connectivity index (χ4v) is 6.64. The fourth-order valence-electron chi connectivity index (χ4n) is 6.64. The van der Waals surface area contributed by atoms with Gasteiger partial charge in [-0.15, -0.1) is 0 Å². The molecule has 1 fully saturated rings. The van der Waals surface area contributed by atoms with Crippen LogP contribution >= 0.6 is 0 Å². The number of hydrogen-bond donors (Lipinski definition) is 1. The molecule has 12 heteroatoms. The van der Waals surface area contributed by atoms with Crippen LogP contribution in [0.3, 0.4) is 0 Å². The highest BCUT2D eigenvalue weighted by atomic mass is 19.4. The van der Waals surface area contributed by atoms with Crippen LogP contribution in [0, 0.1) is 5.82 Å². The highest BCUT2D eigenvalue weighted by Gasteiger charge is 2.47. The molecule has 46 heavy (non-hydrogen) atoms. The number of likely N-dealkylation sites (tertiary alicyclic amines) is 1. The molecule has 0 aliphatic carbocycles. The zero-order chi connectivity index (χ0) is 32.6. The lowest BCUT2D eigenvalue weighted by Gasteiger charge is -2.39. The predicted octanol–water partition coefficient (Wildman–Crippen LogP) is 4.95. The molecule has 0 bridgehead atoms. The zero-order valence-electron chi connectivity index (χ0n) is 25.2. The zero-order valence-corrected chi connectivity index (χ0v) is 25.2. The van der Waals surface area contributed by atoms with Crippen LogP contribution in [0.2, 0.25) is 0 Å². The SMILES string of the molecule is COc1ccccc1CN1CCC2(CC1)OCc1c2c(=O)n(CC(N)c2ccccc2)c(=O)n1Cc1c(F)cccc1C(F)(F)F. The maximum atomic E-state index is 15.0. The minimum absolute atomic E-state index is 0.161. The highest BCUT2D eigenvalue weighted by molar-refractivity contribution is 5.36. The topological polar surface area (TPSA) is 91.7 Å². The van der Waals surface area contributed by atoms with E-state index in [9.17, 15) is 22.8 Å². The number of fused-ring (bicyclic) bond motifs is 2. The van der Waals surface area contributed by atoms with E-state index in [0.717, 1.165) is 38.6 Å². The van der Waals surface area contributed by atoms with Gasteiger partial charge in [0.1, 0.15) is 17.2 Å². The number of nitrogens with two attached hydrogens (primary N) is 1. The van der Waals surface area contributed by atoms with Crippen molar-refractivity contribution < 1.29 is 27.0 Å². The first-order chi connectivity index (χ1) is 22.0. The molecule has 4 aromatic rings. The summed E-state index contributed by atoms with van der Waals surface area (Å²) in [6.07, 6.45) is -4.05. The van der Waals surface area contributed by atoms with E-state index in [1.54, 1.807) is 37.4 Å². The number of para-hydroxylation sites is 1. The first-order valence-corrected chi connectivity index (χ1v) is 15.0. The normalized spacial score (nSPS) is 16.8. The molecule has 1 unspecified atom stereocenters. The predicted molar refractivity (Wildman–Crippen MR) is 163 cm³/mol. The molecule has 0 radical (unpaired) electrons. The third-order valence-corrected chi connectivity index (χ3v) is 9.07. The second-order valence-corrected chi connectivity index (χ2v) is 11.8. The Morgan fingerprint density at radius 1 is 0.935 bits per heavy atom. The number of rotatable bonds is 8. The van der Waals surface area contributed by atoms with Crippen LogP contribution in [0.1, 0.15) is 52.4 Å². The van der Waals surface area contributed by atoms with Gasteiger partial charge in [-0.25, -0.2) is 9.18 Å². The van der Waals surface area contributed by atoms with Gasteiger partial charge >= 0.3 is 11.9 Å². The maximum absolute atomic E-state index is 15.0. The van der Waals surface area contributed by atoms with Gasteiger partial charge in [-0.1, -0.05) is 54.6 Å². The van der Waals surface area contributed by atoms with Crippen LogP contribution < -0.4 is 21.7 Å².